The van der Waals surface area contributed by atoms with Crippen LogP contribution in [0.5, 0.6) is 0 Å². The molecule has 0 aliphatic heterocycles. The summed E-state index contributed by atoms with van der Waals surface area (Å²) < 4.78 is 18.1. The predicted octanol–water partition coefficient (Wildman–Crippen LogP) is 2.47. The second-order valence-electron chi connectivity index (χ2n) is 3.44. The van der Waals surface area contributed by atoms with Gasteiger partial charge in [-0.15, -0.1) is 0 Å². The highest BCUT2D eigenvalue weighted by Gasteiger charge is 2.14. The lowest BCUT2D eigenvalue weighted by Gasteiger charge is -2.07. The van der Waals surface area contributed by atoms with Gasteiger partial charge in [-0.1, -0.05) is 6.07 Å². The Morgan fingerprint density at radius 1 is 1.38 bits per heavy atom. The van der Waals surface area contributed by atoms with E-state index in [2.05, 4.69) is 9.72 Å². The lowest BCUT2D eigenvalue weighted by molar-refractivity contribution is 0.0603. The summed E-state index contributed by atoms with van der Waals surface area (Å²) in [5, 5.41) is 0.509. The van der Waals surface area contributed by atoms with Gasteiger partial charge in [0.05, 0.1) is 12.7 Å². The largest absolute Gasteiger partial charge is 0.465 e. The molecule has 0 amide bonds. The molecule has 0 unspecified atom stereocenters. The molecule has 0 atom stereocenters. The fourth-order valence-corrected chi connectivity index (χ4v) is 1.68. The normalized spacial score (nSPS) is 10.4. The minimum absolute atomic E-state index is 0.197. The summed E-state index contributed by atoms with van der Waals surface area (Å²) in [6.45, 7) is 1.80. The van der Waals surface area contributed by atoms with Crippen molar-refractivity contribution in [1.29, 1.82) is 0 Å². The highest BCUT2D eigenvalue weighted by Crippen LogP contribution is 2.23. The molecule has 16 heavy (non-hydrogen) atoms. The average Bonchev–Trinajstić information content (AvgIpc) is 2.32. The summed E-state index contributed by atoms with van der Waals surface area (Å²) in [7, 11) is 1.29. The Morgan fingerprint density at radius 3 is 2.81 bits per heavy atom. The van der Waals surface area contributed by atoms with Crippen molar-refractivity contribution < 1.29 is 13.9 Å². The molecule has 1 heterocycles. The van der Waals surface area contributed by atoms with Crippen LogP contribution < -0.4 is 0 Å². The third-order valence-electron chi connectivity index (χ3n) is 2.46. The number of esters is 1. The van der Waals surface area contributed by atoms with E-state index in [9.17, 15) is 9.18 Å². The third kappa shape index (κ3) is 1.52. The summed E-state index contributed by atoms with van der Waals surface area (Å²) in [5.74, 6) is -0.924. The SMILES string of the molecule is COC(=O)c1ccnc2c(F)ccc(C)c12. The molecule has 2 rings (SSSR count). The molecule has 0 fully saturated rings. The number of aromatic nitrogens is 1. The van der Waals surface area contributed by atoms with Crippen molar-refractivity contribution in [3.8, 4) is 0 Å². The second-order valence-corrected chi connectivity index (χ2v) is 3.44. The highest BCUT2D eigenvalue weighted by atomic mass is 19.1. The molecule has 0 saturated carbocycles. The van der Waals surface area contributed by atoms with E-state index in [-0.39, 0.29) is 5.52 Å². The zero-order valence-corrected chi connectivity index (χ0v) is 8.95. The van der Waals surface area contributed by atoms with Gasteiger partial charge in [0.2, 0.25) is 0 Å². The van der Waals surface area contributed by atoms with E-state index in [1.807, 2.05) is 0 Å². The summed E-state index contributed by atoms with van der Waals surface area (Å²) in [6.07, 6.45) is 1.40. The minimum atomic E-state index is -0.485. The first-order valence-electron chi connectivity index (χ1n) is 4.77. The topological polar surface area (TPSA) is 39.2 Å². The average molecular weight is 219 g/mol. The van der Waals surface area contributed by atoms with E-state index in [1.165, 1.54) is 25.4 Å². The Kier molecular flexibility index (Phi) is 2.56. The van der Waals surface area contributed by atoms with E-state index in [4.69, 9.17) is 0 Å². The maximum absolute atomic E-state index is 13.5. The molecule has 1 aromatic heterocycles. The van der Waals surface area contributed by atoms with Gasteiger partial charge in [-0.3, -0.25) is 4.98 Å². The Hall–Kier alpha value is -1.97. The lowest BCUT2D eigenvalue weighted by Crippen LogP contribution is -2.04. The zero-order chi connectivity index (χ0) is 11.7. The van der Waals surface area contributed by atoms with E-state index in [0.717, 1.165) is 5.56 Å². The molecule has 82 valence electrons. The van der Waals surface area contributed by atoms with Crippen LogP contribution >= 0.6 is 0 Å². The molecular weight excluding hydrogens is 209 g/mol. The molecular formula is C12H10FNO2. The predicted molar refractivity (Wildman–Crippen MR) is 57.8 cm³/mol. The van der Waals surface area contributed by atoms with Crippen LogP contribution in [-0.2, 0) is 4.74 Å². The fraction of sp³-hybridized carbons (Fsp3) is 0.167. The maximum Gasteiger partial charge on any atom is 0.338 e. The van der Waals surface area contributed by atoms with Gasteiger partial charge >= 0.3 is 5.97 Å². The smallest absolute Gasteiger partial charge is 0.338 e. The summed E-state index contributed by atoms with van der Waals surface area (Å²) in [5.41, 5.74) is 1.33. The summed E-state index contributed by atoms with van der Waals surface area (Å²) in [4.78, 5) is 15.5. The number of aryl methyl sites for hydroxylation is 1. The fourth-order valence-electron chi connectivity index (χ4n) is 1.68. The van der Waals surface area contributed by atoms with Gasteiger partial charge in [0, 0.05) is 11.6 Å². The quantitative estimate of drug-likeness (QED) is 0.691. The van der Waals surface area contributed by atoms with E-state index >= 15 is 0 Å². The number of benzene rings is 1. The number of hydrogen-bond acceptors (Lipinski definition) is 3. The first-order chi connectivity index (χ1) is 7.65. The number of carbonyl (C=O) groups is 1. The molecule has 0 N–H and O–H groups in total. The van der Waals surface area contributed by atoms with Crippen molar-refractivity contribution in [2.24, 2.45) is 0 Å². The number of fused-ring (bicyclic) bond motifs is 1. The van der Waals surface area contributed by atoms with Gasteiger partial charge < -0.3 is 4.74 Å². The minimum Gasteiger partial charge on any atom is -0.465 e. The van der Waals surface area contributed by atoms with Crippen LogP contribution in [0.15, 0.2) is 24.4 Å². The summed E-state index contributed by atoms with van der Waals surface area (Å²) >= 11 is 0. The Labute approximate surface area is 91.9 Å². The maximum atomic E-state index is 13.5. The highest BCUT2D eigenvalue weighted by molar-refractivity contribution is 6.04. The number of pyridine rings is 1. The molecule has 0 radical (unpaired) electrons. The van der Waals surface area contributed by atoms with Gasteiger partial charge in [0.1, 0.15) is 11.3 Å². The van der Waals surface area contributed by atoms with Crippen molar-refractivity contribution >= 4 is 16.9 Å². The number of carbonyl (C=O) groups excluding carboxylic acids is 1. The number of halogens is 1. The van der Waals surface area contributed by atoms with Gasteiger partial charge in [0.25, 0.3) is 0 Å². The summed E-state index contributed by atoms with van der Waals surface area (Å²) in [6, 6.07) is 4.48. The first kappa shape index (κ1) is 10.5. The van der Waals surface area contributed by atoms with Crippen molar-refractivity contribution in [2.75, 3.05) is 7.11 Å². The standard InChI is InChI=1S/C12H10FNO2/c1-7-3-4-9(13)11-10(7)8(5-6-14-11)12(15)16-2/h3-6H,1-2H3. The van der Waals surface area contributed by atoms with Gasteiger partial charge in [-0.25, -0.2) is 9.18 Å². The van der Waals surface area contributed by atoms with Gasteiger partial charge in [-0.05, 0) is 24.6 Å². The van der Waals surface area contributed by atoms with E-state index in [0.29, 0.717) is 10.9 Å². The molecule has 4 heteroatoms. The van der Waals surface area contributed by atoms with Gasteiger partial charge in [-0.2, -0.15) is 0 Å². The number of ether oxygens (including phenoxy) is 1. The molecule has 2 aromatic rings. The second kappa shape index (κ2) is 3.89. The molecule has 0 bridgehead atoms. The Balaban J connectivity index is 2.86. The number of nitrogens with zero attached hydrogens (tertiary/aromatic N) is 1. The Bertz CT molecular complexity index is 566. The molecule has 3 nitrogen and oxygen atoms in total. The molecule has 1 aromatic carbocycles. The van der Waals surface area contributed by atoms with Gasteiger partial charge in [0.15, 0.2) is 0 Å². The monoisotopic (exact) mass is 219 g/mol. The van der Waals surface area contributed by atoms with Crippen molar-refractivity contribution in [1.82, 2.24) is 4.98 Å². The van der Waals surface area contributed by atoms with Crippen LogP contribution in [0.3, 0.4) is 0 Å². The van der Waals surface area contributed by atoms with Crippen LogP contribution in [0.4, 0.5) is 4.39 Å². The molecule has 0 aliphatic carbocycles. The molecule has 0 aliphatic rings. The van der Waals surface area contributed by atoms with Crippen molar-refractivity contribution in [3.05, 3.63) is 41.3 Å². The molecule has 0 saturated heterocycles. The number of hydrogen-bond donors (Lipinski definition) is 0. The van der Waals surface area contributed by atoms with Crippen molar-refractivity contribution in [3.63, 3.8) is 0 Å². The van der Waals surface area contributed by atoms with Crippen molar-refractivity contribution in [2.45, 2.75) is 6.92 Å². The number of rotatable bonds is 1. The van der Waals surface area contributed by atoms with Crippen LogP contribution in [0.1, 0.15) is 15.9 Å². The first-order valence-corrected chi connectivity index (χ1v) is 4.77. The third-order valence-corrected chi connectivity index (χ3v) is 2.46. The molecule has 0 spiro atoms. The Morgan fingerprint density at radius 2 is 2.12 bits per heavy atom. The lowest BCUT2D eigenvalue weighted by atomic mass is 10.0. The van der Waals surface area contributed by atoms with Crippen LogP contribution in [-0.4, -0.2) is 18.1 Å². The zero-order valence-electron chi connectivity index (χ0n) is 8.95. The van der Waals surface area contributed by atoms with E-state index in [1.54, 1.807) is 13.0 Å². The van der Waals surface area contributed by atoms with Crippen LogP contribution in [0, 0.1) is 12.7 Å². The van der Waals surface area contributed by atoms with Crippen LogP contribution in [0.2, 0.25) is 0 Å². The van der Waals surface area contributed by atoms with Crippen LogP contribution in [0.25, 0.3) is 10.9 Å². The van der Waals surface area contributed by atoms with E-state index < -0.39 is 11.8 Å². The number of methoxy groups -OCH3 is 1.